The summed E-state index contributed by atoms with van der Waals surface area (Å²) < 4.78 is 5.91. The van der Waals surface area contributed by atoms with Crippen molar-refractivity contribution in [1.29, 1.82) is 0 Å². The molecular formula is C14H16N4OS. The summed E-state index contributed by atoms with van der Waals surface area (Å²) in [5, 5.41) is 0.596. The van der Waals surface area contributed by atoms with Crippen LogP contribution < -0.4 is 16.2 Å². The number of fused-ring (bicyclic) bond motifs is 1. The first-order valence-corrected chi connectivity index (χ1v) is 7.38. The molecule has 0 aliphatic carbocycles. The van der Waals surface area contributed by atoms with Gasteiger partial charge in [0.15, 0.2) is 5.16 Å². The summed E-state index contributed by atoms with van der Waals surface area (Å²) in [6, 6.07) is 7.82. The topological polar surface area (TPSA) is 87.0 Å². The van der Waals surface area contributed by atoms with E-state index in [1.54, 1.807) is 6.07 Å². The number of hydrogen-bond donors (Lipinski definition) is 2. The zero-order chi connectivity index (χ0) is 14.1. The normalized spacial score (nSPS) is 16.8. The molecule has 3 rings (SSSR count). The lowest BCUT2D eigenvalue weighted by Crippen LogP contribution is -2.16. The fraction of sp³-hybridized carbons (Fsp3) is 0.286. The van der Waals surface area contributed by atoms with Crippen molar-refractivity contribution in [2.75, 3.05) is 17.2 Å². The number of rotatable bonds is 3. The smallest absolute Gasteiger partial charge is 0.191 e. The summed E-state index contributed by atoms with van der Waals surface area (Å²) in [5.74, 6) is 2.54. The van der Waals surface area contributed by atoms with E-state index in [1.807, 2.05) is 6.07 Å². The molecule has 0 amide bonds. The maximum Gasteiger partial charge on any atom is 0.191 e. The quantitative estimate of drug-likeness (QED) is 0.664. The number of hydrogen-bond acceptors (Lipinski definition) is 6. The molecule has 5 nitrogen and oxygen atoms in total. The first-order valence-electron chi connectivity index (χ1n) is 6.39. The molecule has 1 aliphatic heterocycles. The van der Waals surface area contributed by atoms with Gasteiger partial charge in [-0.25, -0.2) is 9.97 Å². The predicted molar refractivity (Wildman–Crippen MR) is 80.9 cm³/mol. The van der Waals surface area contributed by atoms with Gasteiger partial charge in [-0.2, -0.15) is 0 Å². The van der Waals surface area contributed by atoms with Gasteiger partial charge in [-0.05, 0) is 18.6 Å². The Hall–Kier alpha value is -1.95. The van der Waals surface area contributed by atoms with Gasteiger partial charge in [0.05, 0.1) is 0 Å². The summed E-state index contributed by atoms with van der Waals surface area (Å²) in [7, 11) is 0. The molecule has 1 aliphatic rings. The van der Waals surface area contributed by atoms with E-state index in [0.717, 1.165) is 17.9 Å². The van der Waals surface area contributed by atoms with Gasteiger partial charge in [0.25, 0.3) is 0 Å². The average molecular weight is 288 g/mol. The number of aryl methyl sites for hydroxylation is 1. The Balaban J connectivity index is 1.63. The Morgan fingerprint density at radius 2 is 2.00 bits per heavy atom. The lowest BCUT2D eigenvalue weighted by Gasteiger charge is -2.09. The van der Waals surface area contributed by atoms with Crippen molar-refractivity contribution >= 4 is 23.4 Å². The molecule has 4 N–H and O–H groups in total. The third kappa shape index (κ3) is 2.80. The number of anilines is 2. The highest BCUT2D eigenvalue weighted by Crippen LogP contribution is 2.31. The molecule has 1 atom stereocenters. The monoisotopic (exact) mass is 288 g/mol. The third-order valence-corrected chi connectivity index (χ3v) is 4.08. The SMILES string of the molecule is Cc1ccc2c(c1)CC(CSc1nc(N)cc(N)n1)O2. The maximum absolute atomic E-state index is 5.91. The molecule has 1 aromatic carbocycles. The van der Waals surface area contributed by atoms with E-state index in [4.69, 9.17) is 16.2 Å². The minimum absolute atomic E-state index is 0.142. The molecule has 0 saturated carbocycles. The second-order valence-electron chi connectivity index (χ2n) is 4.87. The summed E-state index contributed by atoms with van der Waals surface area (Å²) >= 11 is 1.51. The van der Waals surface area contributed by atoms with Crippen molar-refractivity contribution in [2.24, 2.45) is 0 Å². The Labute approximate surface area is 121 Å². The largest absolute Gasteiger partial charge is 0.489 e. The third-order valence-electron chi connectivity index (χ3n) is 3.10. The van der Waals surface area contributed by atoms with Gasteiger partial charge in [-0.1, -0.05) is 29.5 Å². The molecule has 2 aromatic rings. The fourth-order valence-corrected chi connectivity index (χ4v) is 3.10. The van der Waals surface area contributed by atoms with Crippen LogP contribution in [-0.2, 0) is 6.42 Å². The van der Waals surface area contributed by atoms with Crippen molar-refractivity contribution in [3.63, 3.8) is 0 Å². The molecule has 0 spiro atoms. The van der Waals surface area contributed by atoms with Crippen molar-refractivity contribution in [3.8, 4) is 5.75 Å². The second kappa shape index (κ2) is 5.20. The Bertz CT molecular complexity index is 627. The molecule has 0 fully saturated rings. The summed E-state index contributed by atoms with van der Waals surface area (Å²) in [5.41, 5.74) is 13.8. The van der Waals surface area contributed by atoms with Gasteiger partial charge in [0.1, 0.15) is 23.5 Å². The van der Waals surface area contributed by atoms with Crippen molar-refractivity contribution in [1.82, 2.24) is 9.97 Å². The van der Waals surface area contributed by atoms with E-state index in [9.17, 15) is 0 Å². The van der Waals surface area contributed by atoms with Crippen molar-refractivity contribution < 1.29 is 4.74 Å². The van der Waals surface area contributed by atoms with Crippen LogP contribution in [0.5, 0.6) is 5.75 Å². The van der Waals surface area contributed by atoms with E-state index in [2.05, 4.69) is 29.0 Å². The Kier molecular flexibility index (Phi) is 3.40. The minimum atomic E-state index is 0.142. The number of aromatic nitrogens is 2. The van der Waals surface area contributed by atoms with Crippen LogP contribution in [0.25, 0.3) is 0 Å². The first-order chi connectivity index (χ1) is 9.60. The molecule has 1 aromatic heterocycles. The molecule has 20 heavy (non-hydrogen) atoms. The van der Waals surface area contributed by atoms with E-state index < -0.39 is 0 Å². The van der Waals surface area contributed by atoms with Crippen LogP contribution in [0.4, 0.5) is 11.6 Å². The summed E-state index contributed by atoms with van der Waals surface area (Å²) in [6.45, 7) is 2.09. The van der Waals surface area contributed by atoms with Crippen LogP contribution in [0, 0.1) is 6.92 Å². The molecular weight excluding hydrogens is 272 g/mol. The lowest BCUT2D eigenvalue weighted by atomic mass is 10.1. The zero-order valence-electron chi connectivity index (χ0n) is 11.2. The van der Waals surface area contributed by atoms with Gasteiger partial charge in [-0.3, -0.25) is 0 Å². The highest BCUT2D eigenvalue weighted by atomic mass is 32.2. The lowest BCUT2D eigenvalue weighted by molar-refractivity contribution is 0.259. The highest BCUT2D eigenvalue weighted by Gasteiger charge is 2.23. The Morgan fingerprint density at radius 1 is 1.25 bits per heavy atom. The number of benzene rings is 1. The van der Waals surface area contributed by atoms with Gasteiger partial charge >= 0.3 is 0 Å². The first kappa shape index (κ1) is 13.1. The van der Waals surface area contributed by atoms with Gasteiger partial charge in [0.2, 0.25) is 0 Å². The number of nitrogens with two attached hydrogens (primary N) is 2. The average Bonchev–Trinajstić information content (AvgIpc) is 2.77. The minimum Gasteiger partial charge on any atom is -0.489 e. The van der Waals surface area contributed by atoms with Crippen LogP contribution in [0.15, 0.2) is 29.4 Å². The molecule has 0 bridgehead atoms. The van der Waals surface area contributed by atoms with Crippen LogP contribution >= 0.6 is 11.8 Å². The van der Waals surface area contributed by atoms with Crippen LogP contribution in [0.3, 0.4) is 0 Å². The molecule has 0 saturated heterocycles. The van der Waals surface area contributed by atoms with E-state index in [0.29, 0.717) is 16.8 Å². The summed E-state index contributed by atoms with van der Waals surface area (Å²) in [6.07, 6.45) is 1.06. The zero-order valence-corrected chi connectivity index (χ0v) is 12.0. The molecule has 0 radical (unpaired) electrons. The van der Waals surface area contributed by atoms with E-state index in [-0.39, 0.29) is 6.10 Å². The number of nitrogen functional groups attached to an aromatic ring is 2. The Morgan fingerprint density at radius 3 is 2.75 bits per heavy atom. The van der Waals surface area contributed by atoms with Crippen molar-refractivity contribution in [2.45, 2.75) is 24.6 Å². The number of ether oxygens (including phenoxy) is 1. The van der Waals surface area contributed by atoms with Crippen LogP contribution in [-0.4, -0.2) is 21.8 Å². The van der Waals surface area contributed by atoms with Crippen LogP contribution in [0.2, 0.25) is 0 Å². The molecule has 6 heteroatoms. The van der Waals surface area contributed by atoms with Crippen molar-refractivity contribution in [3.05, 3.63) is 35.4 Å². The highest BCUT2D eigenvalue weighted by molar-refractivity contribution is 7.99. The molecule has 2 heterocycles. The van der Waals surface area contributed by atoms with Gasteiger partial charge < -0.3 is 16.2 Å². The van der Waals surface area contributed by atoms with Gasteiger partial charge in [0, 0.05) is 18.2 Å². The standard InChI is InChI=1S/C14H16N4OS/c1-8-2-3-11-9(4-8)5-10(19-11)7-20-14-17-12(15)6-13(16)18-14/h2-4,6,10H,5,7H2,1H3,(H4,15,16,17,18). The predicted octanol–water partition coefficient (Wildman–Crippen LogP) is 2.05. The number of nitrogens with zero attached hydrogens (tertiary/aromatic N) is 2. The fourth-order valence-electron chi connectivity index (χ4n) is 2.24. The van der Waals surface area contributed by atoms with Gasteiger partial charge in [-0.15, -0.1) is 0 Å². The maximum atomic E-state index is 5.91. The molecule has 104 valence electrons. The summed E-state index contributed by atoms with van der Waals surface area (Å²) in [4.78, 5) is 8.30. The van der Waals surface area contributed by atoms with Crippen LogP contribution in [0.1, 0.15) is 11.1 Å². The van der Waals surface area contributed by atoms with E-state index >= 15 is 0 Å². The molecule has 1 unspecified atom stereocenters. The van der Waals surface area contributed by atoms with E-state index in [1.165, 1.54) is 22.9 Å². The number of thioether (sulfide) groups is 1. The second-order valence-corrected chi connectivity index (χ2v) is 5.85.